The molecule has 2 amide bonds. The molecule has 0 saturated carbocycles. The summed E-state index contributed by atoms with van der Waals surface area (Å²) >= 11 is 0. The molecule has 2 heterocycles. The fraction of sp³-hybridized carbons (Fsp3) is 0.278. The van der Waals surface area contributed by atoms with Crippen molar-refractivity contribution in [3.8, 4) is 0 Å². The number of halogens is 1. The van der Waals surface area contributed by atoms with Crippen LogP contribution >= 0.6 is 0 Å². The van der Waals surface area contributed by atoms with Crippen LogP contribution in [0.3, 0.4) is 0 Å². The molecule has 1 aromatic heterocycles. The third-order valence-corrected chi connectivity index (χ3v) is 4.36. The summed E-state index contributed by atoms with van der Waals surface area (Å²) in [5.41, 5.74) is 6.06. The molecular weight excluding hydrogens is 339 g/mol. The van der Waals surface area contributed by atoms with E-state index in [0.29, 0.717) is 43.1 Å². The maximum atomic E-state index is 13.0. The van der Waals surface area contributed by atoms with Crippen molar-refractivity contribution in [3.05, 3.63) is 59.5 Å². The number of primary amides is 1. The predicted molar refractivity (Wildman–Crippen MR) is 92.9 cm³/mol. The molecule has 1 aromatic carbocycles. The van der Waals surface area contributed by atoms with Crippen LogP contribution in [0.2, 0.25) is 0 Å². The maximum absolute atomic E-state index is 13.0. The van der Waals surface area contributed by atoms with Crippen LogP contribution in [0.4, 0.5) is 10.2 Å². The van der Waals surface area contributed by atoms with Gasteiger partial charge in [-0.15, -0.1) is 0 Å². The average molecular weight is 358 g/mol. The Morgan fingerprint density at radius 1 is 1.12 bits per heavy atom. The molecule has 136 valence electrons. The Kier molecular flexibility index (Phi) is 5.13. The molecule has 2 aromatic rings. The molecule has 3 N–H and O–H groups in total. The van der Waals surface area contributed by atoms with E-state index >= 15 is 0 Å². The zero-order valence-corrected chi connectivity index (χ0v) is 14.0. The number of aliphatic hydroxyl groups is 1. The fourth-order valence-corrected chi connectivity index (χ4v) is 2.94. The lowest BCUT2D eigenvalue weighted by atomic mass is 10.1. The summed E-state index contributed by atoms with van der Waals surface area (Å²) in [6.45, 7) is 1.65. The van der Waals surface area contributed by atoms with Crippen molar-refractivity contribution < 1.29 is 19.1 Å². The highest BCUT2D eigenvalue weighted by Crippen LogP contribution is 2.21. The van der Waals surface area contributed by atoms with Gasteiger partial charge >= 0.3 is 0 Å². The van der Waals surface area contributed by atoms with Crippen molar-refractivity contribution >= 4 is 17.6 Å². The predicted octanol–water partition coefficient (Wildman–Crippen LogP) is 0.702. The molecule has 3 rings (SSSR count). The van der Waals surface area contributed by atoms with Crippen molar-refractivity contribution in [2.75, 3.05) is 31.1 Å². The Bertz CT molecular complexity index is 804. The molecule has 7 nitrogen and oxygen atoms in total. The molecule has 1 saturated heterocycles. The first-order valence-corrected chi connectivity index (χ1v) is 8.19. The fourth-order valence-electron chi connectivity index (χ4n) is 2.94. The number of aliphatic hydroxyl groups excluding tert-OH is 1. The lowest BCUT2D eigenvalue weighted by Crippen LogP contribution is -2.50. The number of aromatic nitrogens is 1. The smallest absolute Gasteiger partial charge is 0.256 e. The van der Waals surface area contributed by atoms with Gasteiger partial charge in [0.25, 0.3) is 11.8 Å². The van der Waals surface area contributed by atoms with Gasteiger partial charge in [-0.1, -0.05) is 12.1 Å². The largest absolute Gasteiger partial charge is 0.378 e. The van der Waals surface area contributed by atoms with Crippen LogP contribution in [0.1, 0.15) is 22.0 Å². The van der Waals surface area contributed by atoms with Crippen LogP contribution in [-0.4, -0.2) is 53.0 Å². The lowest BCUT2D eigenvalue weighted by Gasteiger charge is -2.36. The second kappa shape index (κ2) is 7.49. The van der Waals surface area contributed by atoms with E-state index in [1.165, 1.54) is 29.2 Å². The molecule has 0 radical (unpaired) electrons. The van der Waals surface area contributed by atoms with E-state index in [2.05, 4.69) is 4.98 Å². The van der Waals surface area contributed by atoms with E-state index in [1.54, 1.807) is 18.3 Å². The zero-order valence-electron chi connectivity index (χ0n) is 14.0. The monoisotopic (exact) mass is 358 g/mol. The molecule has 1 aliphatic rings. The Labute approximate surface area is 149 Å². The molecule has 1 aliphatic heterocycles. The van der Waals surface area contributed by atoms with Gasteiger partial charge < -0.3 is 20.6 Å². The number of amides is 2. The highest BCUT2D eigenvalue weighted by molar-refractivity contribution is 5.97. The Balaban J connectivity index is 1.66. The number of rotatable bonds is 4. The van der Waals surface area contributed by atoms with E-state index < -0.39 is 23.7 Å². The number of hydrogen-bond acceptors (Lipinski definition) is 5. The summed E-state index contributed by atoms with van der Waals surface area (Å²) in [5, 5.41) is 10.2. The molecule has 1 unspecified atom stereocenters. The summed E-state index contributed by atoms with van der Waals surface area (Å²) in [5.74, 6) is -0.931. The third-order valence-electron chi connectivity index (χ3n) is 4.36. The normalized spacial score (nSPS) is 15.6. The Morgan fingerprint density at radius 2 is 1.77 bits per heavy atom. The molecule has 8 heteroatoms. The molecular formula is C18H19FN4O3. The molecule has 0 spiro atoms. The SMILES string of the molecule is NC(=O)c1cccnc1N1CCN(C(=O)C(O)c2ccc(F)cc2)CC1. The van der Waals surface area contributed by atoms with E-state index in [4.69, 9.17) is 5.73 Å². The number of anilines is 1. The van der Waals surface area contributed by atoms with Gasteiger partial charge in [-0.25, -0.2) is 9.37 Å². The minimum atomic E-state index is -1.34. The van der Waals surface area contributed by atoms with Crippen molar-refractivity contribution in [2.24, 2.45) is 5.73 Å². The van der Waals surface area contributed by atoms with Gasteiger partial charge in [0.2, 0.25) is 0 Å². The van der Waals surface area contributed by atoms with Crippen LogP contribution in [0.5, 0.6) is 0 Å². The van der Waals surface area contributed by atoms with Crippen molar-refractivity contribution in [1.82, 2.24) is 9.88 Å². The topological polar surface area (TPSA) is 99.8 Å². The van der Waals surface area contributed by atoms with Crippen LogP contribution < -0.4 is 10.6 Å². The van der Waals surface area contributed by atoms with Crippen LogP contribution in [-0.2, 0) is 4.79 Å². The number of benzene rings is 1. The van der Waals surface area contributed by atoms with Gasteiger partial charge in [0.15, 0.2) is 6.10 Å². The number of carbonyl (C=O) groups excluding carboxylic acids is 2. The zero-order chi connectivity index (χ0) is 18.7. The van der Waals surface area contributed by atoms with Gasteiger partial charge in [-0.05, 0) is 29.8 Å². The van der Waals surface area contributed by atoms with E-state index in [0.717, 1.165) is 0 Å². The van der Waals surface area contributed by atoms with Gasteiger partial charge in [-0.3, -0.25) is 9.59 Å². The summed E-state index contributed by atoms with van der Waals surface area (Å²) in [7, 11) is 0. The second-order valence-electron chi connectivity index (χ2n) is 6.01. The first-order valence-electron chi connectivity index (χ1n) is 8.19. The van der Waals surface area contributed by atoms with Gasteiger partial charge in [0, 0.05) is 32.4 Å². The van der Waals surface area contributed by atoms with Crippen LogP contribution in [0, 0.1) is 5.82 Å². The van der Waals surface area contributed by atoms with Crippen molar-refractivity contribution in [1.29, 1.82) is 0 Å². The summed E-state index contributed by atoms with van der Waals surface area (Å²) in [4.78, 5) is 31.7. The third kappa shape index (κ3) is 3.65. The minimum Gasteiger partial charge on any atom is -0.378 e. The highest BCUT2D eigenvalue weighted by atomic mass is 19.1. The quantitative estimate of drug-likeness (QED) is 0.838. The molecule has 1 fully saturated rings. The number of nitrogens with two attached hydrogens (primary N) is 1. The lowest BCUT2D eigenvalue weighted by molar-refractivity contribution is -0.140. The maximum Gasteiger partial charge on any atom is 0.256 e. The number of piperazine rings is 1. The van der Waals surface area contributed by atoms with E-state index in [1.807, 2.05) is 4.90 Å². The van der Waals surface area contributed by atoms with Crippen molar-refractivity contribution in [2.45, 2.75) is 6.10 Å². The average Bonchev–Trinajstić information content (AvgIpc) is 2.67. The van der Waals surface area contributed by atoms with Gasteiger partial charge in [0.1, 0.15) is 11.6 Å². The number of hydrogen-bond donors (Lipinski definition) is 2. The van der Waals surface area contributed by atoms with E-state index in [-0.39, 0.29) is 0 Å². The van der Waals surface area contributed by atoms with E-state index in [9.17, 15) is 19.1 Å². The summed E-state index contributed by atoms with van der Waals surface area (Å²) < 4.78 is 13.0. The van der Waals surface area contributed by atoms with Gasteiger partial charge in [-0.2, -0.15) is 0 Å². The first kappa shape index (κ1) is 17.8. The first-order chi connectivity index (χ1) is 12.5. The molecule has 0 aliphatic carbocycles. The Morgan fingerprint density at radius 3 is 2.38 bits per heavy atom. The molecule has 1 atom stereocenters. The Hall–Kier alpha value is -3.00. The van der Waals surface area contributed by atoms with Gasteiger partial charge in [0.05, 0.1) is 5.56 Å². The summed E-state index contributed by atoms with van der Waals surface area (Å²) in [6.07, 6.45) is 0.246. The minimum absolute atomic E-state index is 0.332. The number of pyridine rings is 1. The number of carbonyl (C=O) groups is 2. The van der Waals surface area contributed by atoms with Crippen LogP contribution in [0.15, 0.2) is 42.6 Å². The molecule has 26 heavy (non-hydrogen) atoms. The highest BCUT2D eigenvalue weighted by Gasteiger charge is 2.28. The van der Waals surface area contributed by atoms with Crippen LogP contribution in [0.25, 0.3) is 0 Å². The van der Waals surface area contributed by atoms with Crippen molar-refractivity contribution in [3.63, 3.8) is 0 Å². The summed E-state index contributed by atoms with van der Waals surface area (Å²) in [6, 6.07) is 8.44. The molecule has 0 bridgehead atoms. The standard InChI is InChI=1S/C18H19FN4O3/c19-13-5-3-12(4-6-13)15(24)18(26)23-10-8-22(9-11-23)17-14(16(20)25)2-1-7-21-17/h1-7,15,24H,8-11H2,(H2,20,25). The number of nitrogens with zero attached hydrogens (tertiary/aromatic N) is 3. The second-order valence-corrected chi connectivity index (χ2v) is 6.01.